The number of amides is 2. The fraction of sp³-hybridized carbons (Fsp3) is 0.267. The Kier molecular flexibility index (Phi) is 7.15. The maximum Gasteiger partial charge on any atom is 0.275 e. The van der Waals surface area contributed by atoms with Crippen molar-refractivity contribution in [1.82, 2.24) is 4.98 Å². The smallest absolute Gasteiger partial charge is 0.275 e. The molecule has 0 aliphatic carbocycles. The van der Waals surface area contributed by atoms with E-state index in [-0.39, 0.29) is 30.1 Å². The summed E-state index contributed by atoms with van der Waals surface area (Å²) in [6.07, 6.45) is 0. The minimum absolute atomic E-state index is 0. The Balaban J connectivity index is 0.00000264. The van der Waals surface area contributed by atoms with Gasteiger partial charge in [0, 0.05) is 29.2 Å². The number of nitrogens with one attached hydrogen (secondary N) is 2. The number of hydrogen-bond donors (Lipinski definition) is 3. The molecule has 0 atom stereocenters. The second kappa shape index (κ2) is 8.61. The standard InChI is InChI=1S/C15H18N4O2S.ClH/c1-9(2)14(20)17-10-4-3-5-11(6-10)18-15(21)12-8-22-13(7-16)19-12;/h3-6,8-9H,7,16H2,1-2H3,(H,17,20)(H,18,21);1H. The number of nitrogens with two attached hydrogens (primary N) is 1. The minimum atomic E-state index is -0.303. The molecule has 4 N–H and O–H groups in total. The Morgan fingerprint density at radius 1 is 1.26 bits per heavy atom. The van der Waals surface area contributed by atoms with Crippen LogP contribution in [0.5, 0.6) is 0 Å². The number of anilines is 2. The van der Waals surface area contributed by atoms with Gasteiger partial charge >= 0.3 is 0 Å². The highest BCUT2D eigenvalue weighted by Gasteiger charge is 2.11. The highest BCUT2D eigenvalue weighted by molar-refractivity contribution is 7.09. The molecule has 0 aliphatic heterocycles. The molecule has 2 aromatic rings. The predicted molar refractivity (Wildman–Crippen MR) is 95.1 cm³/mol. The molecule has 124 valence electrons. The summed E-state index contributed by atoms with van der Waals surface area (Å²) in [4.78, 5) is 27.9. The van der Waals surface area contributed by atoms with Crippen LogP contribution in [-0.2, 0) is 11.3 Å². The van der Waals surface area contributed by atoms with E-state index >= 15 is 0 Å². The van der Waals surface area contributed by atoms with E-state index in [0.29, 0.717) is 28.6 Å². The van der Waals surface area contributed by atoms with Crippen molar-refractivity contribution in [3.63, 3.8) is 0 Å². The zero-order valence-corrected chi connectivity index (χ0v) is 14.5. The van der Waals surface area contributed by atoms with Crippen molar-refractivity contribution < 1.29 is 9.59 Å². The Bertz CT molecular complexity index is 688. The van der Waals surface area contributed by atoms with Crippen molar-refractivity contribution in [3.05, 3.63) is 40.3 Å². The summed E-state index contributed by atoms with van der Waals surface area (Å²) < 4.78 is 0. The van der Waals surface area contributed by atoms with Gasteiger partial charge in [0.2, 0.25) is 5.91 Å². The fourth-order valence-corrected chi connectivity index (χ4v) is 2.32. The zero-order chi connectivity index (χ0) is 16.1. The second-order valence-electron chi connectivity index (χ2n) is 5.01. The fourth-order valence-electron chi connectivity index (χ4n) is 1.67. The van der Waals surface area contributed by atoms with E-state index < -0.39 is 0 Å². The first-order valence-electron chi connectivity index (χ1n) is 6.86. The molecule has 2 amide bonds. The molecule has 1 heterocycles. The van der Waals surface area contributed by atoms with Gasteiger partial charge in [-0.25, -0.2) is 4.98 Å². The number of nitrogens with zero attached hydrogens (tertiary/aromatic N) is 1. The molecule has 0 fully saturated rings. The molecule has 8 heteroatoms. The number of halogens is 1. The molecule has 6 nitrogen and oxygen atoms in total. The van der Waals surface area contributed by atoms with Crippen molar-refractivity contribution in [3.8, 4) is 0 Å². The van der Waals surface area contributed by atoms with Crippen LogP contribution in [-0.4, -0.2) is 16.8 Å². The van der Waals surface area contributed by atoms with E-state index in [1.165, 1.54) is 11.3 Å². The van der Waals surface area contributed by atoms with E-state index in [1.54, 1.807) is 29.6 Å². The van der Waals surface area contributed by atoms with Crippen LogP contribution < -0.4 is 16.4 Å². The quantitative estimate of drug-likeness (QED) is 0.769. The molecule has 23 heavy (non-hydrogen) atoms. The molecule has 2 rings (SSSR count). The van der Waals surface area contributed by atoms with Crippen molar-refractivity contribution in [2.45, 2.75) is 20.4 Å². The first-order valence-corrected chi connectivity index (χ1v) is 7.74. The van der Waals surface area contributed by atoms with E-state index in [9.17, 15) is 9.59 Å². The van der Waals surface area contributed by atoms with E-state index in [1.807, 2.05) is 13.8 Å². The monoisotopic (exact) mass is 354 g/mol. The van der Waals surface area contributed by atoms with Crippen LogP contribution in [0.1, 0.15) is 29.3 Å². The number of hydrogen-bond acceptors (Lipinski definition) is 5. The van der Waals surface area contributed by atoms with Crippen LogP contribution in [0.25, 0.3) is 0 Å². The van der Waals surface area contributed by atoms with Gasteiger partial charge in [0.25, 0.3) is 5.91 Å². The molecular weight excluding hydrogens is 336 g/mol. The van der Waals surface area contributed by atoms with Crippen LogP contribution in [0.2, 0.25) is 0 Å². The largest absolute Gasteiger partial charge is 0.326 e. The average Bonchev–Trinajstić information content (AvgIpc) is 2.96. The van der Waals surface area contributed by atoms with Gasteiger partial charge in [0.05, 0.1) is 0 Å². The van der Waals surface area contributed by atoms with Crippen LogP contribution in [0.3, 0.4) is 0 Å². The van der Waals surface area contributed by atoms with Gasteiger partial charge in [-0.1, -0.05) is 19.9 Å². The molecule has 0 aliphatic rings. The maximum absolute atomic E-state index is 12.1. The summed E-state index contributed by atoms with van der Waals surface area (Å²) in [6.45, 7) is 3.95. The number of rotatable bonds is 5. The van der Waals surface area contributed by atoms with Gasteiger partial charge in [0.15, 0.2) is 0 Å². The average molecular weight is 355 g/mol. The Morgan fingerprint density at radius 3 is 2.48 bits per heavy atom. The molecular formula is C15H19ClN4O2S. The molecule has 1 aromatic heterocycles. The lowest BCUT2D eigenvalue weighted by atomic mass is 10.2. The minimum Gasteiger partial charge on any atom is -0.326 e. The topological polar surface area (TPSA) is 97.1 Å². The van der Waals surface area contributed by atoms with Crippen molar-refractivity contribution in [1.29, 1.82) is 0 Å². The van der Waals surface area contributed by atoms with E-state index in [2.05, 4.69) is 15.6 Å². The van der Waals surface area contributed by atoms with Gasteiger partial charge < -0.3 is 16.4 Å². The Labute approximate surface area is 144 Å². The van der Waals surface area contributed by atoms with Crippen LogP contribution in [0.4, 0.5) is 11.4 Å². The lowest BCUT2D eigenvalue weighted by Crippen LogP contribution is -2.18. The van der Waals surface area contributed by atoms with Crippen molar-refractivity contribution >= 4 is 46.9 Å². The third-order valence-corrected chi connectivity index (χ3v) is 3.74. The van der Waals surface area contributed by atoms with E-state index in [0.717, 1.165) is 0 Å². The number of benzene rings is 1. The van der Waals surface area contributed by atoms with Gasteiger partial charge in [-0.15, -0.1) is 23.7 Å². The number of carbonyl (C=O) groups is 2. The van der Waals surface area contributed by atoms with Crippen molar-refractivity contribution in [2.75, 3.05) is 10.6 Å². The van der Waals surface area contributed by atoms with Crippen LogP contribution in [0, 0.1) is 5.92 Å². The number of aromatic nitrogens is 1. The van der Waals surface area contributed by atoms with Crippen LogP contribution in [0.15, 0.2) is 29.6 Å². The molecule has 0 radical (unpaired) electrons. The highest BCUT2D eigenvalue weighted by Crippen LogP contribution is 2.17. The third-order valence-electron chi connectivity index (χ3n) is 2.87. The predicted octanol–water partition coefficient (Wildman–Crippen LogP) is 2.87. The lowest BCUT2D eigenvalue weighted by Gasteiger charge is -2.09. The molecule has 0 saturated heterocycles. The van der Waals surface area contributed by atoms with Crippen LogP contribution >= 0.6 is 23.7 Å². The number of thiazole rings is 1. The maximum atomic E-state index is 12.1. The lowest BCUT2D eigenvalue weighted by molar-refractivity contribution is -0.118. The summed E-state index contributed by atoms with van der Waals surface area (Å²) in [5.41, 5.74) is 7.05. The summed E-state index contributed by atoms with van der Waals surface area (Å²) in [5.74, 6) is -0.484. The molecule has 0 saturated carbocycles. The highest BCUT2D eigenvalue weighted by atomic mass is 35.5. The number of carbonyl (C=O) groups excluding carboxylic acids is 2. The summed E-state index contributed by atoms with van der Waals surface area (Å²) in [7, 11) is 0. The van der Waals surface area contributed by atoms with Gasteiger partial charge in [-0.2, -0.15) is 0 Å². The third kappa shape index (κ3) is 5.31. The Morgan fingerprint density at radius 2 is 1.91 bits per heavy atom. The van der Waals surface area contributed by atoms with Gasteiger partial charge in [-0.05, 0) is 18.2 Å². The van der Waals surface area contributed by atoms with Crippen molar-refractivity contribution in [2.24, 2.45) is 11.7 Å². The molecule has 0 unspecified atom stereocenters. The molecule has 1 aromatic carbocycles. The van der Waals surface area contributed by atoms with E-state index in [4.69, 9.17) is 5.73 Å². The molecule has 0 bridgehead atoms. The summed E-state index contributed by atoms with van der Waals surface area (Å²) >= 11 is 1.35. The second-order valence-corrected chi connectivity index (χ2v) is 5.95. The first kappa shape index (κ1) is 19.1. The first-order chi connectivity index (χ1) is 10.5. The zero-order valence-electron chi connectivity index (χ0n) is 12.8. The normalized spacial score (nSPS) is 10.1. The van der Waals surface area contributed by atoms with Gasteiger partial charge in [-0.3, -0.25) is 9.59 Å². The van der Waals surface area contributed by atoms with Gasteiger partial charge in [0.1, 0.15) is 10.7 Å². The molecule has 0 spiro atoms. The summed E-state index contributed by atoms with van der Waals surface area (Å²) in [6, 6.07) is 6.98. The SMILES string of the molecule is CC(C)C(=O)Nc1cccc(NC(=O)c2csc(CN)n2)c1.Cl. The summed E-state index contributed by atoms with van der Waals surface area (Å²) in [5, 5.41) is 7.92. The Hall–Kier alpha value is -1.96.